The van der Waals surface area contributed by atoms with Gasteiger partial charge in [0.05, 0.1) is 12.7 Å². The summed E-state index contributed by atoms with van der Waals surface area (Å²) >= 11 is 0. The van der Waals surface area contributed by atoms with Gasteiger partial charge in [-0.05, 0) is 24.6 Å². The quantitative estimate of drug-likeness (QED) is 0.644. The van der Waals surface area contributed by atoms with Crippen LogP contribution in [0.3, 0.4) is 0 Å². The Labute approximate surface area is 111 Å². The first-order chi connectivity index (χ1) is 9.13. The van der Waals surface area contributed by atoms with Gasteiger partial charge in [-0.15, -0.1) is 0 Å². The molecule has 0 aliphatic heterocycles. The zero-order valence-corrected chi connectivity index (χ0v) is 10.7. The van der Waals surface area contributed by atoms with E-state index in [9.17, 15) is 10.2 Å². The second kappa shape index (κ2) is 5.97. The molecule has 19 heavy (non-hydrogen) atoms. The Morgan fingerprint density at radius 1 is 1.32 bits per heavy atom. The van der Waals surface area contributed by atoms with Crippen molar-refractivity contribution in [1.82, 2.24) is 10.3 Å². The molecular weight excluding hydrogens is 244 g/mol. The van der Waals surface area contributed by atoms with Gasteiger partial charge in [-0.2, -0.15) is 0 Å². The lowest BCUT2D eigenvalue weighted by atomic mass is 10.0. The Morgan fingerprint density at radius 2 is 2.11 bits per heavy atom. The highest BCUT2D eigenvalue weighted by molar-refractivity contribution is 5.87. The van der Waals surface area contributed by atoms with Gasteiger partial charge in [0.2, 0.25) is 0 Å². The van der Waals surface area contributed by atoms with Crippen molar-refractivity contribution < 1.29 is 15.3 Å². The van der Waals surface area contributed by atoms with Gasteiger partial charge in [0.15, 0.2) is 0 Å². The van der Waals surface area contributed by atoms with E-state index in [4.69, 9.17) is 5.11 Å². The number of benzene rings is 1. The highest BCUT2D eigenvalue weighted by Gasteiger charge is 2.14. The first-order valence-electron chi connectivity index (χ1n) is 6.22. The first kappa shape index (κ1) is 13.7. The zero-order chi connectivity index (χ0) is 13.8. The van der Waals surface area contributed by atoms with Crippen molar-refractivity contribution in [2.75, 3.05) is 13.2 Å². The minimum absolute atomic E-state index is 0.0185. The lowest BCUT2D eigenvalue weighted by Crippen LogP contribution is -2.33. The highest BCUT2D eigenvalue weighted by Crippen LogP contribution is 2.28. The van der Waals surface area contributed by atoms with E-state index in [-0.39, 0.29) is 18.4 Å². The fraction of sp³-hybridized carbons (Fsp3) is 0.357. The van der Waals surface area contributed by atoms with Crippen LogP contribution < -0.4 is 5.32 Å². The number of hydrogen-bond acceptors (Lipinski definition) is 5. The predicted molar refractivity (Wildman–Crippen MR) is 72.9 cm³/mol. The van der Waals surface area contributed by atoms with Crippen molar-refractivity contribution in [3.63, 3.8) is 0 Å². The molecule has 0 bridgehead atoms. The number of pyridine rings is 1. The third kappa shape index (κ3) is 3.01. The lowest BCUT2D eigenvalue weighted by molar-refractivity contribution is 0.162. The van der Waals surface area contributed by atoms with Gasteiger partial charge >= 0.3 is 0 Å². The van der Waals surface area contributed by atoms with E-state index in [1.807, 2.05) is 13.0 Å². The Bertz CT molecular complexity index is 559. The third-order valence-corrected chi connectivity index (χ3v) is 3.07. The number of nitrogens with one attached hydrogen (secondary N) is 1. The van der Waals surface area contributed by atoms with Gasteiger partial charge in [0.1, 0.15) is 11.3 Å². The standard InChI is InChI=1S/C14H18N2O3/c1-9(8-17)16-7-13(19)10-4-5-12(18)14-11(10)3-2-6-15-14/h2-6,9,13,16-19H,7-8H2,1H3. The van der Waals surface area contributed by atoms with Crippen molar-refractivity contribution in [2.24, 2.45) is 0 Å². The number of hydrogen-bond donors (Lipinski definition) is 4. The SMILES string of the molecule is CC(CO)NCC(O)c1ccc(O)c2ncccc12. The number of phenols is 1. The minimum Gasteiger partial charge on any atom is -0.506 e. The zero-order valence-electron chi connectivity index (χ0n) is 10.7. The van der Waals surface area contributed by atoms with Crippen molar-refractivity contribution in [2.45, 2.75) is 19.1 Å². The average Bonchev–Trinajstić information content (AvgIpc) is 2.45. The van der Waals surface area contributed by atoms with Crippen molar-refractivity contribution in [1.29, 1.82) is 0 Å². The second-order valence-electron chi connectivity index (χ2n) is 4.58. The first-order valence-corrected chi connectivity index (χ1v) is 6.22. The largest absolute Gasteiger partial charge is 0.506 e. The van der Waals surface area contributed by atoms with Crippen LogP contribution in [0.2, 0.25) is 0 Å². The smallest absolute Gasteiger partial charge is 0.141 e. The summed E-state index contributed by atoms with van der Waals surface area (Å²) in [6.45, 7) is 2.18. The summed E-state index contributed by atoms with van der Waals surface area (Å²) in [6.07, 6.45) is 0.880. The Morgan fingerprint density at radius 3 is 2.84 bits per heavy atom. The number of fused-ring (bicyclic) bond motifs is 1. The summed E-state index contributed by atoms with van der Waals surface area (Å²) in [5, 5.41) is 32.6. The van der Waals surface area contributed by atoms with Crippen LogP contribution in [0.4, 0.5) is 0 Å². The average molecular weight is 262 g/mol. The summed E-state index contributed by atoms with van der Waals surface area (Å²) in [6, 6.07) is 6.73. The molecule has 0 radical (unpaired) electrons. The molecule has 2 unspecified atom stereocenters. The van der Waals surface area contributed by atoms with Gasteiger partial charge in [-0.1, -0.05) is 12.1 Å². The Hall–Kier alpha value is -1.69. The van der Waals surface area contributed by atoms with E-state index in [0.717, 1.165) is 5.39 Å². The van der Waals surface area contributed by atoms with E-state index < -0.39 is 6.10 Å². The number of phenolic OH excluding ortho intramolecular Hbond substituents is 1. The Balaban J connectivity index is 2.27. The monoisotopic (exact) mass is 262 g/mol. The third-order valence-electron chi connectivity index (χ3n) is 3.07. The van der Waals surface area contributed by atoms with Crippen LogP contribution in [-0.4, -0.2) is 39.5 Å². The van der Waals surface area contributed by atoms with Crippen LogP contribution in [0.15, 0.2) is 30.5 Å². The van der Waals surface area contributed by atoms with E-state index in [1.54, 1.807) is 18.3 Å². The lowest BCUT2D eigenvalue weighted by Gasteiger charge is -2.17. The fourth-order valence-electron chi connectivity index (χ4n) is 1.96. The van der Waals surface area contributed by atoms with Crippen molar-refractivity contribution in [3.05, 3.63) is 36.0 Å². The molecule has 0 aliphatic carbocycles. The molecule has 4 N–H and O–H groups in total. The summed E-state index contributed by atoms with van der Waals surface area (Å²) in [5.41, 5.74) is 1.19. The molecule has 2 atom stereocenters. The minimum atomic E-state index is -0.721. The molecule has 0 saturated heterocycles. The van der Waals surface area contributed by atoms with E-state index in [0.29, 0.717) is 17.6 Å². The molecule has 0 amide bonds. The number of aromatic nitrogens is 1. The number of aliphatic hydroxyl groups is 2. The molecule has 5 heteroatoms. The second-order valence-corrected chi connectivity index (χ2v) is 4.58. The normalized spacial score (nSPS) is 14.5. The summed E-state index contributed by atoms with van der Waals surface area (Å²) in [5.74, 6) is 0.100. The fourth-order valence-corrected chi connectivity index (χ4v) is 1.96. The number of aromatic hydroxyl groups is 1. The maximum atomic E-state index is 10.2. The predicted octanol–water partition coefficient (Wildman–Crippen LogP) is 0.944. The van der Waals surface area contributed by atoms with E-state index >= 15 is 0 Å². The number of nitrogens with zero attached hydrogens (tertiary/aromatic N) is 1. The van der Waals surface area contributed by atoms with Crippen LogP contribution in [0, 0.1) is 0 Å². The van der Waals surface area contributed by atoms with Crippen LogP contribution in [0.5, 0.6) is 5.75 Å². The molecule has 1 heterocycles. The maximum Gasteiger partial charge on any atom is 0.141 e. The maximum absolute atomic E-state index is 10.2. The Kier molecular flexibility index (Phi) is 4.31. The topological polar surface area (TPSA) is 85.6 Å². The van der Waals surface area contributed by atoms with Crippen LogP contribution in [0.1, 0.15) is 18.6 Å². The van der Waals surface area contributed by atoms with Crippen LogP contribution >= 0.6 is 0 Å². The van der Waals surface area contributed by atoms with E-state index in [2.05, 4.69) is 10.3 Å². The molecule has 102 valence electrons. The molecule has 5 nitrogen and oxygen atoms in total. The van der Waals surface area contributed by atoms with Crippen molar-refractivity contribution in [3.8, 4) is 5.75 Å². The molecule has 2 rings (SSSR count). The number of rotatable bonds is 5. The van der Waals surface area contributed by atoms with E-state index in [1.165, 1.54) is 6.07 Å². The number of aliphatic hydroxyl groups excluding tert-OH is 2. The van der Waals surface area contributed by atoms with Gasteiger partial charge in [0, 0.05) is 24.2 Å². The highest BCUT2D eigenvalue weighted by atomic mass is 16.3. The van der Waals surface area contributed by atoms with Crippen LogP contribution in [0.25, 0.3) is 10.9 Å². The molecule has 2 aromatic rings. The molecule has 0 fully saturated rings. The molecule has 0 aliphatic rings. The van der Waals surface area contributed by atoms with Crippen LogP contribution in [-0.2, 0) is 0 Å². The molecule has 1 aromatic heterocycles. The summed E-state index contributed by atoms with van der Waals surface area (Å²) in [7, 11) is 0. The summed E-state index contributed by atoms with van der Waals surface area (Å²) in [4.78, 5) is 4.11. The van der Waals surface area contributed by atoms with Gasteiger partial charge in [-0.25, -0.2) is 0 Å². The van der Waals surface area contributed by atoms with Gasteiger partial charge < -0.3 is 20.6 Å². The molecule has 0 spiro atoms. The van der Waals surface area contributed by atoms with Gasteiger partial charge in [-0.3, -0.25) is 4.98 Å². The molecule has 1 aromatic carbocycles. The van der Waals surface area contributed by atoms with Crippen molar-refractivity contribution >= 4 is 10.9 Å². The van der Waals surface area contributed by atoms with Gasteiger partial charge in [0.25, 0.3) is 0 Å². The molecule has 0 saturated carbocycles. The summed E-state index contributed by atoms with van der Waals surface area (Å²) < 4.78 is 0. The molecular formula is C14H18N2O3.